The van der Waals surface area contributed by atoms with Crippen molar-refractivity contribution in [1.82, 2.24) is 0 Å². The molecule has 0 aliphatic carbocycles. The van der Waals surface area contributed by atoms with E-state index in [-0.39, 0.29) is 4.90 Å². The van der Waals surface area contributed by atoms with Crippen molar-refractivity contribution in [2.75, 3.05) is 23.3 Å². The zero-order valence-corrected chi connectivity index (χ0v) is 17.1. The highest BCUT2D eigenvalue weighted by molar-refractivity contribution is 7.92. The molecule has 0 bridgehead atoms. The zero-order valence-electron chi connectivity index (χ0n) is 16.2. The van der Waals surface area contributed by atoms with E-state index in [1.807, 2.05) is 37.3 Å². The van der Waals surface area contributed by atoms with Crippen LogP contribution in [-0.2, 0) is 10.0 Å². The van der Waals surface area contributed by atoms with Crippen LogP contribution in [0.5, 0.6) is 5.75 Å². The lowest BCUT2D eigenvalue weighted by atomic mass is 9.99. The summed E-state index contributed by atoms with van der Waals surface area (Å²) in [5.41, 5.74) is 2.56. The van der Waals surface area contributed by atoms with E-state index < -0.39 is 10.0 Å². The molecule has 1 heterocycles. The largest absolute Gasteiger partial charge is 0.495 e. The molecule has 0 saturated carbocycles. The number of piperidine rings is 1. The number of methoxy groups -OCH3 is 1. The third kappa shape index (κ3) is 4.38. The van der Waals surface area contributed by atoms with E-state index in [4.69, 9.17) is 4.74 Å². The summed E-state index contributed by atoms with van der Waals surface area (Å²) in [6.45, 7) is 5.14. The van der Waals surface area contributed by atoms with Crippen LogP contribution in [-0.4, -0.2) is 28.1 Å². The first-order chi connectivity index (χ1) is 12.9. The van der Waals surface area contributed by atoms with Crippen LogP contribution in [0, 0.1) is 6.92 Å². The van der Waals surface area contributed by atoms with Crippen LogP contribution in [0.25, 0.3) is 0 Å². The summed E-state index contributed by atoms with van der Waals surface area (Å²) in [5.74, 6) is 0.337. The Morgan fingerprint density at radius 2 is 1.89 bits per heavy atom. The molecule has 0 amide bonds. The minimum absolute atomic E-state index is 0.149. The van der Waals surface area contributed by atoms with E-state index in [0.29, 0.717) is 17.5 Å². The molecule has 6 heteroatoms. The van der Waals surface area contributed by atoms with Crippen LogP contribution in [0.15, 0.2) is 47.4 Å². The van der Waals surface area contributed by atoms with Gasteiger partial charge in [-0.3, -0.25) is 4.72 Å². The molecule has 1 saturated heterocycles. The second kappa shape index (κ2) is 8.21. The van der Waals surface area contributed by atoms with E-state index in [1.165, 1.54) is 26.4 Å². The van der Waals surface area contributed by atoms with Gasteiger partial charge in [-0.15, -0.1) is 0 Å². The minimum Gasteiger partial charge on any atom is -0.495 e. The van der Waals surface area contributed by atoms with Gasteiger partial charge >= 0.3 is 0 Å². The van der Waals surface area contributed by atoms with Crippen LogP contribution in [0.1, 0.15) is 38.2 Å². The van der Waals surface area contributed by atoms with Gasteiger partial charge in [0, 0.05) is 24.0 Å². The summed E-state index contributed by atoms with van der Waals surface area (Å²) >= 11 is 0. The van der Waals surface area contributed by atoms with Crippen molar-refractivity contribution >= 4 is 21.4 Å². The summed E-state index contributed by atoms with van der Waals surface area (Å²) in [4.78, 5) is 2.59. The number of sulfonamides is 1. The summed E-state index contributed by atoms with van der Waals surface area (Å²) in [7, 11) is -2.25. The van der Waals surface area contributed by atoms with Crippen molar-refractivity contribution in [3.63, 3.8) is 0 Å². The SMILES string of the molecule is CCC1CCCCN1c1ccc(NS(=O)(=O)c2cc(C)ccc2OC)cc1. The fourth-order valence-electron chi connectivity index (χ4n) is 3.69. The Kier molecular flexibility index (Phi) is 5.95. The average molecular weight is 389 g/mol. The van der Waals surface area contributed by atoms with E-state index >= 15 is 0 Å². The number of hydrogen-bond acceptors (Lipinski definition) is 4. The second-order valence-electron chi connectivity index (χ2n) is 7.06. The van der Waals surface area contributed by atoms with Crippen LogP contribution < -0.4 is 14.4 Å². The van der Waals surface area contributed by atoms with Crippen molar-refractivity contribution in [2.24, 2.45) is 0 Å². The second-order valence-corrected chi connectivity index (χ2v) is 8.71. The number of rotatable bonds is 6. The highest BCUT2D eigenvalue weighted by atomic mass is 32.2. The van der Waals surface area contributed by atoms with E-state index in [0.717, 1.165) is 24.2 Å². The Morgan fingerprint density at radius 1 is 1.15 bits per heavy atom. The number of aryl methyl sites for hydroxylation is 1. The van der Waals surface area contributed by atoms with Gasteiger partial charge in [0.05, 0.1) is 7.11 Å². The van der Waals surface area contributed by atoms with Gasteiger partial charge in [0.25, 0.3) is 10.0 Å². The van der Waals surface area contributed by atoms with Crippen LogP contribution in [0.2, 0.25) is 0 Å². The molecule has 5 nitrogen and oxygen atoms in total. The predicted molar refractivity (Wildman–Crippen MR) is 110 cm³/mol. The maximum atomic E-state index is 12.8. The molecule has 0 radical (unpaired) electrons. The monoisotopic (exact) mass is 388 g/mol. The van der Waals surface area contributed by atoms with E-state index in [9.17, 15) is 8.42 Å². The first-order valence-corrected chi connectivity index (χ1v) is 11.0. The first kappa shape index (κ1) is 19.5. The molecule has 1 unspecified atom stereocenters. The summed E-state index contributed by atoms with van der Waals surface area (Å²) in [5, 5.41) is 0. The van der Waals surface area contributed by atoms with Gasteiger partial charge in [-0.25, -0.2) is 8.42 Å². The van der Waals surface area contributed by atoms with Crippen LogP contribution in [0.4, 0.5) is 11.4 Å². The maximum absolute atomic E-state index is 12.8. The first-order valence-electron chi connectivity index (χ1n) is 9.48. The van der Waals surface area contributed by atoms with Gasteiger partial charge in [0.15, 0.2) is 0 Å². The molecular formula is C21H28N2O3S. The highest BCUT2D eigenvalue weighted by Crippen LogP contribution is 2.30. The molecule has 27 heavy (non-hydrogen) atoms. The van der Waals surface area contributed by atoms with Gasteiger partial charge in [-0.2, -0.15) is 0 Å². The van der Waals surface area contributed by atoms with Crippen molar-refractivity contribution < 1.29 is 13.2 Å². The molecule has 0 aromatic heterocycles. The number of benzene rings is 2. The molecule has 2 aromatic rings. The predicted octanol–water partition coefficient (Wildman–Crippen LogP) is 4.57. The lowest BCUT2D eigenvalue weighted by Gasteiger charge is -2.37. The number of nitrogens with one attached hydrogen (secondary N) is 1. The van der Waals surface area contributed by atoms with E-state index in [2.05, 4.69) is 16.5 Å². The van der Waals surface area contributed by atoms with Gasteiger partial charge in [-0.1, -0.05) is 13.0 Å². The van der Waals surface area contributed by atoms with E-state index in [1.54, 1.807) is 12.1 Å². The molecule has 1 fully saturated rings. The molecule has 1 atom stereocenters. The molecule has 1 aliphatic heterocycles. The Morgan fingerprint density at radius 3 is 2.56 bits per heavy atom. The Hall–Kier alpha value is -2.21. The topological polar surface area (TPSA) is 58.6 Å². The number of nitrogens with zero attached hydrogens (tertiary/aromatic N) is 1. The number of hydrogen-bond donors (Lipinski definition) is 1. The molecule has 2 aromatic carbocycles. The number of anilines is 2. The van der Waals surface area contributed by atoms with Crippen molar-refractivity contribution in [3.05, 3.63) is 48.0 Å². The Labute approximate surface area is 162 Å². The summed E-state index contributed by atoms with van der Waals surface area (Å²) in [6, 6.07) is 13.3. The van der Waals surface area contributed by atoms with Crippen molar-refractivity contribution in [1.29, 1.82) is 0 Å². The lowest BCUT2D eigenvalue weighted by molar-refractivity contribution is 0.402. The quantitative estimate of drug-likeness (QED) is 0.787. The Balaban J connectivity index is 1.81. The molecule has 146 valence electrons. The lowest BCUT2D eigenvalue weighted by Crippen LogP contribution is -2.39. The standard InChI is InChI=1S/C21H28N2O3S/c1-4-18-7-5-6-14-23(18)19-11-9-17(10-12-19)22-27(24,25)21-15-16(2)8-13-20(21)26-3/h8-13,15,18,22H,4-7,14H2,1-3H3. The van der Waals surface area contributed by atoms with Crippen LogP contribution >= 0.6 is 0 Å². The maximum Gasteiger partial charge on any atom is 0.265 e. The fourth-order valence-corrected chi connectivity index (χ4v) is 5.00. The third-order valence-electron chi connectivity index (χ3n) is 5.16. The molecule has 0 spiro atoms. The molecule has 3 rings (SSSR count). The molecular weight excluding hydrogens is 360 g/mol. The highest BCUT2D eigenvalue weighted by Gasteiger charge is 2.22. The van der Waals surface area contributed by atoms with Crippen LogP contribution in [0.3, 0.4) is 0 Å². The van der Waals surface area contributed by atoms with Gasteiger partial charge in [-0.05, 0) is 74.6 Å². The molecule has 1 aliphatic rings. The average Bonchev–Trinajstić information content (AvgIpc) is 2.68. The van der Waals surface area contributed by atoms with Crippen molar-refractivity contribution in [3.8, 4) is 5.75 Å². The third-order valence-corrected chi connectivity index (χ3v) is 6.56. The summed E-state index contributed by atoms with van der Waals surface area (Å²) in [6.07, 6.45) is 4.84. The fraction of sp³-hybridized carbons (Fsp3) is 0.429. The minimum atomic E-state index is -3.72. The number of ether oxygens (including phenoxy) is 1. The molecule has 1 N–H and O–H groups in total. The van der Waals surface area contributed by atoms with Gasteiger partial charge in [0.2, 0.25) is 0 Å². The van der Waals surface area contributed by atoms with Gasteiger partial charge in [0.1, 0.15) is 10.6 Å². The van der Waals surface area contributed by atoms with Crippen molar-refractivity contribution in [2.45, 2.75) is 50.5 Å². The Bertz CT molecular complexity index is 879. The van der Waals surface area contributed by atoms with Gasteiger partial charge < -0.3 is 9.64 Å². The smallest absolute Gasteiger partial charge is 0.265 e. The zero-order chi connectivity index (χ0) is 19.4. The normalized spacial score (nSPS) is 17.6. The summed E-state index contributed by atoms with van der Waals surface area (Å²) < 4.78 is 33.5.